The van der Waals surface area contributed by atoms with Gasteiger partial charge in [0.1, 0.15) is 12.7 Å². The number of fused-ring (bicyclic) bond motifs is 3. The highest BCUT2D eigenvalue weighted by atomic mass is 32.2. The number of hydrogen-bond donors (Lipinski definition) is 2. The van der Waals surface area contributed by atoms with Crippen LogP contribution in [0.3, 0.4) is 0 Å². The number of alkyl halides is 3. The van der Waals surface area contributed by atoms with E-state index in [-0.39, 0.29) is 13.2 Å². The number of nitrogens with zero attached hydrogens (tertiary/aromatic N) is 2. The highest BCUT2D eigenvalue weighted by Gasteiger charge is 2.44. The lowest BCUT2D eigenvalue weighted by molar-refractivity contribution is -0.172. The molecule has 2 aliphatic rings. The lowest BCUT2D eigenvalue weighted by atomic mass is 10.0. The number of thioether (sulfide) groups is 1. The smallest absolute Gasteiger partial charge is 0.410 e. The summed E-state index contributed by atoms with van der Waals surface area (Å²) in [6.45, 7) is 0.0903. The molecule has 0 aliphatic carbocycles. The van der Waals surface area contributed by atoms with Crippen LogP contribution in [-0.2, 0) is 21.6 Å². The maximum atomic E-state index is 13.0. The van der Waals surface area contributed by atoms with E-state index < -0.39 is 54.6 Å². The van der Waals surface area contributed by atoms with E-state index >= 15 is 0 Å². The van der Waals surface area contributed by atoms with E-state index in [1.165, 1.54) is 34.9 Å². The Hall–Kier alpha value is -4.17. The van der Waals surface area contributed by atoms with Crippen molar-refractivity contribution in [2.75, 3.05) is 39.1 Å². The molecule has 0 unspecified atom stereocenters. The predicted molar refractivity (Wildman–Crippen MR) is 154 cm³/mol. The summed E-state index contributed by atoms with van der Waals surface area (Å²) < 4.78 is 54.6. The second-order valence-electron chi connectivity index (χ2n) is 9.49. The topological polar surface area (TPSA) is 111 Å². The Kier molecular flexibility index (Phi) is 10.6. The second kappa shape index (κ2) is 14.3. The minimum absolute atomic E-state index is 0.172. The van der Waals surface area contributed by atoms with Crippen molar-refractivity contribution >= 4 is 23.8 Å². The number of aromatic nitrogens is 1. The molecule has 14 heteroatoms. The average molecular weight is 621 g/mol. The number of ether oxygens (including phenoxy) is 3. The van der Waals surface area contributed by atoms with Gasteiger partial charge in [-0.05, 0) is 36.1 Å². The summed E-state index contributed by atoms with van der Waals surface area (Å²) in [6.07, 6.45) is -3.24. The summed E-state index contributed by atoms with van der Waals surface area (Å²) in [4.78, 5) is 38.0. The fraction of sp³-hybridized carbons (Fsp3) is 0.345. The number of alkyl carbamates (subject to hydrolysis) is 1. The van der Waals surface area contributed by atoms with Crippen LogP contribution in [-0.4, -0.2) is 67.5 Å². The second-order valence-corrected chi connectivity index (χ2v) is 10.5. The highest BCUT2D eigenvalue weighted by Crippen LogP contribution is 2.33. The predicted octanol–water partition coefficient (Wildman–Crippen LogP) is 4.35. The Labute approximate surface area is 250 Å². The molecule has 0 saturated carbocycles. The molecule has 10 nitrogen and oxygen atoms in total. The molecule has 2 aliphatic heterocycles. The van der Waals surface area contributed by atoms with Crippen LogP contribution in [0.25, 0.3) is 0 Å². The fourth-order valence-electron chi connectivity index (χ4n) is 4.31. The van der Waals surface area contributed by atoms with Gasteiger partial charge in [0.05, 0.1) is 6.61 Å². The number of nitrogens with one attached hydrogen (secondary N) is 2. The zero-order valence-corrected chi connectivity index (χ0v) is 24.3. The van der Waals surface area contributed by atoms with Crippen LogP contribution >= 0.6 is 11.8 Å². The Morgan fingerprint density at radius 3 is 2.49 bits per heavy atom. The Balaban J connectivity index is 0.000000234. The number of amides is 2. The van der Waals surface area contributed by atoms with Gasteiger partial charge in [-0.3, -0.25) is 14.3 Å². The highest BCUT2D eigenvalue weighted by molar-refractivity contribution is 7.98. The first-order chi connectivity index (χ1) is 20.6. The lowest BCUT2D eigenvalue weighted by Crippen LogP contribution is -2.54. The van der Waals surface area contributed by atoms with Crippen LogP contribution in [0.5, 0.6) is 5.75 Å². The molecule has 43 heavy (non-hydrogen) atoms. The molecule has 0 bridgehead atoms. The maximum Gasteiger partial charge on any atom is 0.410 e. The normalized spacial score (nSPS) is 14.4. The quantitative estimate of drug-likeness (QED) is 0.297. The van der Waals surface area contributed by atoms with Crippen LogP contribution in [0.15, 0.2) is 70.5 Å². The van der Waals surface area contributed by atoms with Gasteiger partial charge in [-0.2, -0.15) is 13.2 Å². The van der Waals surface area contributed by atoms with Crippen LogP contribution in [0.1, 0.15) is 34.1 Å². The van der Waals surface area contributed by atoms with Crippen molar-refractivity contribution in [1.82, 2.24) is 14.9 Å². The van der Waals surface area contributed by atoms with E-state index in [1.54, 1.807) is 0 Å². The lowest BCUT2D eigenvalue weighted by Gasteiger charge is -2.36. The summed E-state index contributed by atoms with van der Waals surface area (Å²) >= 11 is 1.95. The van der Waals surface area contributed by atoms with Gasteiger partial charge in [0.2, 0.25) is 18.0 Å². The van der Waals surface area contributed by atoms with Gasteiger partial charge in [-0.25, -0.2) is 4.79 Å². The van der Waals surface area contributed by atoms with E-state index in [2.05, 4.69) is 59.3 Å². The third-order valence-electron chi connectivity index (χ3n) is 6.69. The third kappa shape index (κ3) is 8.02. The van der Waals surface area contributed by atoms with Crippen molar-refractivity contribution in [3.05, 3.63) is 93.4 Å². The molecule has 5 rings (SSSR count). The molecule has 0 fully saturated rings. The van der Waals surface area contributed by atoms with Crippen molar-refractivity contribution in [2.45, 2.75) is 36.2 Å². The third-order valence-corrected chi connectivity index (χ3v) is 7.86. The van der Waals surface area contributed by atoms with Crippen LogP contribution in [0.2, 0.25) is 0 Å². The minimum atomic E-state index is -4.65. The number of halogens is 3. The van der Waals surface area contributed by atoms with Crippen molar-refractivity contribution in [3.63, 3.8) is 0 Å². The summed E-state index contributed by atoms with van der Waals surface area (Å²) in [5, 5.41) is 2.33. The first-order valence-electron chi connectivity index (χ1n) is 13.3. The van der Waals surface area contributed by atoms with Gasteiger partial charge in [0.15, 0.2) is 5.69 Å². The largest absolute Gasteiger partial charge is 0.451 e. The molecule has 3 heterocycles. The molecular weight excluding hydrogens is 589 g/mol. The number of hydrogen-bond acceptors (Lipinski definition) is 8. The fourth-order valence-corrected chi connectivity index (χ4v) is 5.40. The average Bonchev–Trinajstić information content (AvgIpc) is 3.18. The van der Waals surface area contributed by atoms with E-state index in [9.17, 15) is 27.6 Å². The Morgan fingerprint density at radius 2 is 1.77 bits per heavy atom. The molecule has 0 spiro atoms. The van der Waals surface area contributed by atoms with Crippen molar-refractivity contribution < 1.29 is 37.0 Å². The van der Waals surface area contributed by atoms with Gasteiger partial charge >= 0.3 is 12.3 Å². The molecule has 2 N–H and O–H groups in total. The first-order valence-corrected chi connectivity index (χ1v) is 14.3. The maximum absolute atomic E-state index is 13.0. The Bertz CT molecular complexity index is 1450. The van der Waals surface area contributed by atoms with Gasteiger partial charge in [-0.1, -0.05) is 42.5 Å². The van der Waals surface area contributed by atoms with E-state index in [1.807, 2.05) is 11.8 Å². The number of benzene rings is 2. The summed E-state index contributed by atoms with van der Waals surface area (Å²) in [7, 11) is 1.44. The van der Waals surface area contributed by atoms with Crippen molar-refractivity contribution in [3.8, 4) is 5.75 Å². The van der Waals surface area contributed by atoms with E-state index in [4.69, 9.17) is 14.2 Å². The zero-order valence-electron chi connectivity index (χ0n) is 23.5. The minimum Gasteiger partial charge on any atom is -0.451 e. The molecule has 3 aromatic rings. The van der Waals surface area contributed by atoms with Crippen LogP contribution < -0.4 is 20.9 Å². The monoisotopic (exact) mass is 620 g/mol. The van der Waals surface area contributed by atoms with Gasteiger partial charge < -0.3 is 29.9 Å². The summed E-state index contributed by atoms with van der Waals surface area (Å²) in [5.41, 5.74) is 5.81. The van der Waals surface area contributed by atoms with Crippen molar-refractivity contribution in [2.24, 2.45) is 0 Å². The standard InChI is InChI=1S/C15H19F3N4O6.C14H12S/c1-9(15(16,17)18)21-7-20-22-5-3-10(23)12(11(22)13(21)24)27-8-28-14(25)19-4-6-26-2;1-2-7-13-10-15-14-8-4-3-6-12(14)9-11(13)5-1/h3,5,9,20H,4,6-8H2,1-2H3,(H,19,25);1-8H,9-10H2/t9-;/m1./s1. The summed E-state index contributed by atoms with van der Waals surface area (Å²) in [6, 6.07) is 16.5. The molecule has 1 atom stereocenters. The number of rotatable bonds is 7. The van der Waals surface area contributed by atoms with Crippen LogP contribution in [0.4, 0.5) is 18.0 Å². The molecule has 2 aromatic carbocycles. The molecule has 230 valence electrons. The van der Waals surface area contributed by atoms with Gasteiger partial charge in [-0.15, -0.1) is 11.8 Å². The van der Waals surface area contributed by atoms with Gasteiger partial charge in [0, 0.05) is 36.6 Å². The van der Waals surface area contributed by atoms with Crippen molar-refractivity contribution in [1.29, 1.82) is 0 Å². The first kappa shape index (κ1) is 31.8. The number of carbonyl (C=O) groups excluding carboxylic acids is 2. The van der Waals surface area contributed by atoms with E-state index in [0.29, 0.717) is 4.90 Å². The number of methoxy groups -OCH3 is 1. The number of carbonyl (C=O) groups is 2. The van der Waals surface area contributed by atoms with Crippen LogP contribution in [0, 0.1) is 0 Å². The molecular formula is C29H31F3N4O6S. The zero-order chi connectivity index (χ0) is 31.0. The molecule has 0 saturated heterocycles. The molecule has 2 amide bonds. The molecule has 0 radical (unpaired) electrons. The summed E-state index contributed by atoms with van der Waals surface area (Å²) in [5.74, 6) is -0.489. The van der Waals surface area contributed by atoms with Gasteiger partial charge in [0.25, 0.3) is 5.91 Å². The SMILES string of the molecule is COCCNC(=O)OCOc1c2n(ccc1=O)NCN([C@H](C)C(F)(F)F)C2=O.c1ccc2c(c1)CSc1ccccc1C2. The molecule has 1 aromatic heterocycles. The number of pyridine rings is 1. The Morgan fingerprint density at radius 1 is 1.07 bits per heavy atom. The van der Waals surface area contributed by atoms with E-state index in [0.717, 1.165) is 29.8 Å².